The van der Waals surface area contributed by atoms with E-state index in [9.17, 15) is 13.6 Å². The first-order valence-corrected chi connectivity index (χ1v) is 6.45. The second-order valence-electron chi connectivity index (χ2n) is 4.91. The van der Waals surface area contributed by atoms with Crippen molar-refractivity contribution >= 4 is 11.5 Å². The van der Waals surface area contributed by atoms with Gasteiger partial charge in [0, 0.05) is 18.5 Å². The minimum absolute atomic E-state index is 0.102. The van der Waals surface area contributed by atoms with Crippen LogP contribution < -0.4 is 5.32 Å². The molecule has 2 nitrogen and oxygen atoms in total. The van der Waals surface area contributed by atoms with E-state index in [0.717, 1.165) is 17.3 Å². The summed E-state index contributed by atoms with van der Waals surface area (Å²) in [6.07, 6.45) is 0.487. The molecular weight excluding hydrogens is 260 g/mol. The minimum atomic E-state index is -0.934. The zero-order chi connectivity index (χ0) is 14.1. The lowest BCUT2D eigenvalue weighted by molar-refractivity contribution is -0.119. The van der Waals surface area contributed by atoms with Crippen LogP contribution in [0.5, 0.6) is 0 Å². The van der Waals surface area contributed by atoms with Crippen molar-refractivity contribution in [2.24, 2.45) is 0 Å². The summed E-state index contributed by atoms with van der Waals surface area (Å²) in [6.45, 7) is 0. The van der Waals surface area contributed by atoms with Crippen molar-refractivity contribution in [2.75, 3.05) is 5.32 Å². The highest BCUT2D eigenvalue weighted by molar-refractivity contribution is 5.90. The van der Waals surface area contributed by atoms with Gasteiger partial charge in [-0.2, -0.15) is 0 Å². The molecule has 1 aliphatic rings. The quantitative estimate of drug-likeness (QED) is 0.931. The summed E-state index contributed by atoms with van der Waals surface area (Å²) in [4.78, 5) is 12.2. The van der Waals surface area contributed by atoms with Crippen molar-refractivity contribution in [3.63, 3.8) is 0 Å². The van der Waals surface area contributed by atoms with Crippen LogP contribution in [0.1, 0.15) is 11.1 Å². The van der Waals surface area contributed by atoms with Gasteiger partial charge in [0.05, 0.1) is 6.04 Å². The van der Waals surface area contributed by atoms with Gasteiger partial charge >= 0.3 is 0 Å². The van der Waals surface area contributed by atoms with Gasteiger partial charge in [-0.25, -0.2) is 8.78 Å². The van der Waals surface area contributed by atoms with Gasteiger partial charge in [-0.1, -0.05) is 30.3 Å². The number of nitrogens with one attached hydrogen (secondary N) is 1. The van der Waals surface area contributed by atoms with Crippen LogP contribution in [0, 0.1) is 11.6 Å². The highest BCUT2D eigenvalue weighted by Crippen LogP contribution is 2.26. The molecule has 0 bridgehead atoms. The summed E-state index contributed by atoms with van der Waals surface area (Å²) in [5.41, 5.74) is 2.11. The predicted octanol–water partition coefficient (Wildman–Crippen LogP) is 3.11. The number of hydrogen-bond donors (Lipinski definition) is 1. The third-order valence-corrected chi connectivity index (χ3v) is 3.56. The number of carbonyl (C=O) groups excluding carboxylic acids is 1. The molecule has 0 aliphatic carbocycles. The number of rotatable bonds is 3. The molecule has 1 N–H and O–H groups in total. The summed E-state index contributed by atoms with van der Waals surface area (Å²) in [5, 5.41) is 3.12. The highest BCUT2D eigenvalue weighted by Gasteiger charge is 2.26. The molecule has 0 saturated carbocycles. The van der Waals surface area contributed by atoms with E-state index in [1.807, 2.05) is 24.3 Å². The molecule has 2 aromatic rings. The summed E-state index contributed by atoms with van der Waals surface area (Å²) < 4.78 is 26.7. The van der Waals surface area contributed by atoms with E-state index in [1.54, 1.807) is 0 Å². The molecule has 1 aliphatic heterocycles. The molecule has 0 spiro atoms. The maximum absolute atomic E-state index is 13.6. The van der Waals surface area contributed by atoms with E-state index in [0.29, 0.717) is 6.42 Å². The number of carbonyl (C=O) groups is 1. The van der Waals surface area contributed by atoms with Crippen LogP contribution in [0.2, 0.25) is 0 Å². The van der Waals surface area contributed by atoms with E-state index in [1.165, 1.54) is 12.1 Å². The van der Waals surface area contributed by atoms with Crippen molar-refractivity contribution in [1.29, 1.82) is 0 Å². The summed E-state index contributed by atoms with van der Waals surface area (Å²) in [7, 11) is 0. The number of halogens is 2. The van der Waals surface area contributed by atoms with Crippen molar-refractivity contribution in [3.05, 3.63) is 65.2 Å². The molecule has 2 aromatic carbocycles. The Morgan fingerprint density at radius 3 is 2.75 bits per heavy atom. The topological polar surface area (TPSA) is 29.1 Å². The zero-order valence-corrected chi connectivity index (χ0v) is 10.7. The number of hydrogen-bond acceptors (Lipinski definition) is 2. The minimum Gasteiger partial charge on any atom is -0.375 e. The molecule has 0 radical (unpaired) electrons. The second-order valence-corrected chi connectivity index (χ2v) is 4.91. The van der Waals surface area contributed by atoms with Crippen LogP contribution >= 0.6 is 0 Å². The first-order chi connectivity index (χ1) is 9.65. The van der Waals surface area contributed by atoms with Gasteiger partial charge in [-0.3, -0.25) is 4.79 Å². The lowest BCUT2D eigenvalue weighted by Gasteiger charge is -2.10. The monoisotopic (exact) mass is 273 g/mol. The smallest absolute Gasteiger partial charge is 0.162 e. The summed E-state index contributed by atoms with van der Waals surface area (Å²) in [5.74, 6) is -1.99. The van der Waals surface area contributed by atoms with Gasteiger partial charge in [-0.05, 0) is 23.3 Å². The van der Waals surface area contributed by atoms with Gasteiger partial charge in [0.15, 0.2) is 17.4 Å². The van der Waals surface area contributed by atoms with E-state index in [2.05, 4.69) is 5.32 Å². The fourth-order valence-corrected chi connectivity index (χ4v) is 2.49. The van der Waals surface area contributed by atoms with E-state index in [4.69, 9.17) is 0 Å². The third kappa shape index (κ3) is 2.29. The number of fused-ring (bicyclic) bond motifs is 1. The van der Waals surface area contributed by atoms with Crippen LogP contribution in [-0.4, -0.2) is 11.8 Å². The second kappa shape index (κ2) is 5.04. The van der Waals surface area contributed by atoms with Crippen molar-refractivity contribution < 1.29 is 13.6 Å². The Bertz CT molecular complexity index is 644. The summed E-state index contributed by atoms with van der Waals surface area (Å²) >= 11 is 0. The predicted molar refractivity (Wildman–Crippen MR) is 72.6 cm³/mol. The number of Topliss-reactive ketones (excluding diaryl/α,β-unsaturated/α-hetero) is 1. The number of para-hydroxylation sites is 1. The molecule has 1 heterocycles. The normalized spacial score (nSPS) is 16.6. The number of anilines is 1. The van der Waals surface area contributed by atoms with Crippen LogP contribution in [0.25, 0.3) is 0 Å². The van der Waals surface area contributed by atoms with E-state index >= 15 is 0 Å². The highest BCUT2D eigenvalue weighted by atomic mass is 19.2. The standard InChI is InChI=1S/C16H13F2NO/c17-12-6-3-5-11(16(12)18)9-15(20)14-8-10-4-1-2-7-13(10)19-14/h1-7,14,19H,8-9H2. The summed E-state index contributed by atoms with van der Waals surface area (Å²) in [6, 6.07) is 11.2. The Hall–Kier alpha value is -2.23. The third-order valence-electron chi connectivity index (χ3n) is 3.56. The van der Waals surface area contributed by atoms with Crippen molar-refractivity contribution in [3.8, 4) is 0 Å². The van der Waals surface area contributed by atoms with Gasteiger partial charge in [0.2, 0.25) is 0 Å². The maximum Gasteiger partial charge on any atom is 0.162 e. The fourth-order valence-electron chi connectivity index (χ4n) is 2.49. The first kappa shape index (κ1) is 12.8. The molecule has 0 aromatic heterocycles. The van der Waals surface area contributed by atoms with Gasteiger partial charge in [0.1, 0.15) is 0 Å². The number of benzene rings is 2. The molecule has 1 unspecified atom stereocenters. The average molecular weight is 273 g/mol. The maximum atomic E-state index is 13.6. The van der Waals surface area contributed by atoms with Crippen LogP contribution in [0.15, 0.2) is 42.5 Å². The Morgan fingerprint density at radius 2 is 1.95 bits per heavy atom. The Kier molecular flexibility index (Phi) is 3.22. The SMILES string of the molecule is O=C(Cc1cccc(F)c1F)C1Cc2ccccc2N1. The largest absolute Gasteiger partial charge is 0.375 e. The molecule has 1 atom stereocenters. The van der Waals surface area contributed by atoms with Crippen LogP contribution in [-0.2, 0) is 17.6 Å². The van der Waals surface area contributed by atoms with Crippen molar-refractivity contribution in [2.45, 2.75) is 18.9 Å². The Labute approximate surface area is 115 Å². The van der Waals surface area contributed by atoms with E-state index in [-0.39, 0.29) is 23.8 Å². The van der Waals surface area contributed by atoms with Crippen LogP contribution in [0.3, 0.4) is 0 Å². The Morgan fingerprint density at radius 1 is 1.15 bits per heavy atom. The lowest BCUT2D eigenvalue weighted by Crippen LogP contribution is -2.28. The molecular formula is C16H13F2NO. The molecule has 4 heteroatoms. The fraction of sp³-hybridized carbons (Fsp3) is 0.188. The average Bonchev–Trinajstić information content (AvgIpc) is 2.88. The van der Waals surface area contributed by atoms with Crippen LogP contribution in [0.4, 0.5) is 14.5 Å². The van der Waals surface area contributed by atoms with Gasteiger partial charge in [-0.15, -0.1) is 0 Å². The Balaban J connectivity index is 1.74. The first-order valence-electron chi connectivity index (χ1n) is 6.45. The lowest BCUT2D eigenvalue weighted by atomic mass is 10.0. The molecule has 102 valence electrons. The molecule has 0 amide bonds. The molecule has 0 saturated heterocycles. The zero-order valence-electron chi connectivity index (χ0n) is 10.7. The molecule has 3 rings (SSSR count). The number of ketones is 1. The van der Waals surface area contributed by atoms with Gasteiger partial charge < -0.3 is 5.32 Å². The molecule has 0 fully saturated rings. The van der Waals surface area contributed by atoms with Crippen molar-refractivity contribution in [1.82, 2.24) is 0 Å². The van der Waals surface area contributed by atoms with Gasteiger partial charge in [0.25, 0.3) is 0 Å². The van der Waals surface area contributed by atoms with E-state index < -0.39 is 11.6 Å². The molecule has 20 heavy (non-hydrogen) atoms.